The molecule has 0 saturated heterocycles. The lowest BCUT2D eigenvalue weighted by Crippen LogP contribution is -2.18. The molecule has 2 N–H and O–H groups in total. The summed E-state index contributed by atoms with van der Waals surface area (Å²) in [7, 11) is -3.40. The van der Waals surface area contributed by atoms with Crippen molar-refractivity contribution in [3.8, 4) is 5.69 Å². The zero-order valence-electron chi connectivity index (χ0n) is 15.8. The van der Waals surface area contributed by atoms with Crippen LogP contribution in [-0.2, 0) is 10.0 Å². The van der Waals surface area contributed by atoms with Crippen LogP contribution in [0, 0.1) is 6.92 Å². The van der Waals surface area contributed by atoms with Crippen LogP contribution in [0.5, 0.6) is 0 Å². The van der Waals surface area contributed by atoms with Crippen molar-refractivity contribution < 1.29 is 13.2 Å². The SMILES string of the molecule is CCCS(=O)(=O)Nc1cccc(NC(=O)c2cccc(-n3cccc3)c2)c1C. The molecule has 146 valence electrons. The Balaban J connectivity index is 1.81. The van der Waals surface area contributed by atoms with E-state index < -0.39 is 10.0 Å². The second-order valence-corrected chi connectivity index (χ2v) is 8.34. The number of amides is 1. The normalized spacial score (nSPS) is 11.2. The smallest absolute Gasteiger partial charge is 0.255 e. The van der Waals surface area contributed by atoms with E-state index in [4.69, 9.17) is 0 Å². The third-order valence-corrected chi connectivity index (χ3v) is 5.81. The number of nitrogens with one attached hydrogen (secondary N) is 2. The molecular weight excluding hydrogens is 374 g/mol. The van der Waals surface area contributed by atoms with Gasteiger partial charge in [-0.1, -0.05) is 19.1 Å². The topological polar surface area (TPSA) is 80.2 Å². The van der Waals surface area contributed by atoms with Crippen LogP contribution in [0.15, 0.2) is 67.0 Å². The Kier molecular flexibility index (Phi) is 5.84. The lowest BCUT2D eigenvalue weighted by atomic mass is 10.1. The molecule has 0 radical (unpaired) electrons. The molecule has 0 saturated carbocycles. The van der Waals surface area contributed by atoms with Crippen molar-refractivity contribution in [2.45, 2.75) is 20.3 Å². The lowest BCUT2D eigenvalue weighted by molar-refractivity contribution is 0.102. The van der Waals surface area contributed by atoms with Crippen molar-refractivity contribution in [2.75, 3.05) is 15.8 Å². The summed E-state index contributed by atoms with van der Waals surface area (Å²) in [6, 6.07) is 16.3. The highest BCUT2D eigenvalue weighted by molar-refractivity contribution is 7.92. The molecule has 7 heteroatoms. The Morgan fingerprint density at radius 3 is 2.39 bits per heavy atom. The van der Waals surface area contributed by atoms with Gasteiger partial charge in [0.15, 0.2) is 0 Å². The standard InChI is InChI=1S/C21H23N3O3S/c1-3-14-28(26,27)23-20-11-7-10-19(16(20)2)22-21(25)17-8-6-9-18(15-17)24-12-4-5-13-24/h4-13,15,23H,3,14H2,1-2H3,(H,22,25). The summed E-state index contributed by atoms with van der Waals surface area (Å²) in [4.78, 5) is 12.7. The predicted molar refractivity (Wildman–Crippen MR) is 113 cm³/mol. The number of anilines is 2. The number of hydrogen-bond acceptors (Lipinski definition) is 3. The number of hydrogen-bond donors (Lipinski definition) is 2. The van der Waals surface area contributed by atoms with E-state index in [0.29, 0.717) is 28.9 Å². The molecule has 0 unspecified atom stereocenters. The fourth-order valence-corrected chi connectivity index (χ4v) is 4.07. The molecule has 3 rings (SSSR count). The molecule has 0 bridgehead atoms. The van der Waals surface area contributed by atoms with Gasteiger partial charge in [-0.25, -0.2) is 8.42 Å². The van der Waals surface area contributed by atoms with E-state index in [1.807, 2.05) is 48.1 Å². The fourth-order valence-electron chi connectivity index (χ4n) is 2.88. The summed E-state index contributed by atoms with van der Waals surface area (Å²) >= 11 is 0. The molecule has 1 amide bonds. The maximum absolute atomic E-state index is 12.7. The Labute approximate surface area is 165 Å². The minimum atomic E-state index is -3.40. The molecule has 1 aromatic heterocycles. The van der Waals surface area contributed by atoms with Crippen molar-refractivity contribution in [2.24, 2.45) is 0 Å². The molecule has 2 aromatic carbocycles. The summed E-state index contributed by atoms with van der Waals surface area (Å²) in [5, 5.41) is 2.87. The summed E-state index contributed by atoms with van der Waals surface area (Å²) in [6.45, 7) is 3.58. The quantitative estimate of drug-likeness (QED) is 0.627. The molecule has 0 aliphatic rings. The molecule has 0 spiro atoms. The minimum Gasteiger partial charge on any atom is -0.324 e. The average Bonchev–Trinajstić information content (AvgIpc) is 3.19. The zero-order valence-corrected chi connectivity index (χ0v) is 16.7. The molecule has 0 aliphatic carbocycles. The van der Waals surface area contributed by atoms with Crippen molar-refractivity contribution in [3.05, 3.63) is 78.1 Å². The van der Waals surface area contributed by atoms with Crippen molar-refractivity contribution in [1.82, 2.24) is 4.57 Å². The summed E-state index contributed by atoms with van der Waals surface area (Å²) in [6.07, 6.45) is 4.35. The van der Waals surface area contributed by atoms with Crippen molar-refractivity contribution in [1.29, 1.82) is 0 Å². The third kappa shape index (κ3) is 4.61. The van der Waals surface area contributed by atoms with Gasteiger partial charge in [0, 0.05) is 29.3 Å². The van der Waals surface area contributed by atoms with Crippen molar-refractivity contribution >= 4 is 27.3 Å². The van der Waals surface area contributed by atoms with E-state index in [9.17, 15) is 13.2 Å². The number of carbonyl (C=O) groups is 1. The summed E-state index contributed by atoms with van der Waals surface area (Å²) in [5.41, 5.74) is 3.09. The number of rotatable bonds is 7. The van der Waals surface area contributed by atoms with E-state index in [1.54, 1.807) is 37.3 Å². The molecule has 3 aromatic rings. The van der Waals surface area contributed by atoms with Crippen LogP contribution < -0.4 is 10.0 Å². The summed E-state index contributed by atoms with van der Waals surface area (Å²) < 4.78 is 28.6. The number of nitrogens with zero attached hydrogens (tertiary/aromatic N) is 1. The second-order valence-electron chi connectivity index (χ2n) is 6.49. The van der Waals surface area contributed by atoms with Gasteiger partial charge in [-0.15, -0.1) is 0 Å². The van der Waals surface area contributed by atoms with Gasteiger partial charge in [0.25, 0.3) is 5.91 Å². The first kappa shape index (κ1) is 19.7. The first-order valence-corrected chi connectivity index (χ1v) is 10.7. The first-order chi connectivity index (χ1) is 13.4. The Morgan fingerprint density at radius 1 is 1.00 bits per heavy atom. The van der Waals surface area contributed by atoms with Gasteiger partial charge < -0.3 is 9.88 Å². The number of aromatic nitrogens is 1. The highest BCUT2D eigenvalue weighted by Crippen LogP contribution is 2.25. The highest BCUT2D eigenvalue weighted by atomic mass is 32.2. The van der Waals surface area contributed by atoms with Crippen LogP contribution in [0.2, 0.25) is 0 Å². The second kappa shape index (κ2) is 8.31. The van der Waals surface area contributed by atoms with Gasteiger partial charge in [-0.05, 0) is 61.4 Å². The van der Waals surface area contributed by atoms with E-state index in [0.717, 1.165) is 5.69 Å². The molecule has 1 heterocycles. The Morgan fingerprint density at radius 2 is 1.68 bits per heavy atom. The monoisotopic (exact) mass is 397 g/mol. The molecule has 6 nitrogen and oxygen atoms in total. The van der Waals surface area contributed by atoms with Crippen LogP contribution in [0.3, 0.4) is 0 Å². The minimum absolute atomic E-state index is 0.0508. The molecule has 0 aliphatic heterocycles. The summed E-state index contributed by atoms with van der Waals surface area (Å²) in [5.74, 6) is -0.208. The van der Waals surface area contributed by atoms with E-state index in [-0.39, 0.29) is 11.7 Å². The van der Waals surface area contributed by atoms with E-state index >= 15 is 0 Å². The van der Waals surface area contributed by atoms with Crippen LogP contribution in [0.4, 0.5) is 11.4 Å². The maximum Gasteiger partial charge on any atom is 0.255 e. The Bertz CT molecular complexity index is 1070. The van der Waals surface area contributed by atoms with Crippen LogP contribution in [0.25, 0.3) is 5.69 Å². The number of sulfonamides is 1. The fraction of sp³-hybridized carbons (Fsp3) is 0.190. The van der Waals surface area contributed by atoms with Gasteiger partial charge in [0.05, 0.1) is 11.4 Å². The predicted octanol–water partition coefficient (Wildman–Crippen LogP) is 4.19. The largest absolute Gasteiger partial charge is 0.324 e. The van der Waals surface area contributed by atoms with Crippen LogP contribution in [0.1, 0.15) is 29.3 Å². The number of carbonyl (C=O) groups excluding carboxylic acids is 1. The van der Waals surface area contributed by atoms with Gasteiger partial charge in [-0.2, -0.15) is 0 Å². The molecule has 28 heavy (non-hydrogen) atoms. The molecule has 0 atom stereocenters. The molecular formula is C21H23N3O3S. The first-order valence-electron chi connectivity index (χ1n) is 9.04. The third-order valence-electron chi connectivity index (χ3n) is 4.33. The van der Waals surface area contributed by atoms with Crippen LogP contribution >= 0.6 is 0 Å². The zero-order chi connectivity index (χ0) is 20.1. The number of benzene rings is 2. The molecule has 0 fully saturated rings. The van der Waals surface area contributed by atoms with Crippen molar-refractivity contribution in [3.63, 3.8) is 0 Å². The lowest BCUT2D eigenvalue weighted by Gasteiger charge is -2.14. The van der Waals surface area contributed by atoms with Crippen LogP contribution in [-0.4, -0.2) is 24.6 Å². The van der Waals surface area contributed by atoms with Gasteiger partial charge in [-0.3, -0.25) is 9.52 Å². The van der Waals surface area contributed by atoms with Gasteiger partial charge in [0.2, 0.25) is 10.0 Å². The average molecular weight is 398 g/mol. The maximum atomic E-state index is 12.7. The van der Waals surface area contributed by atoms with Gasteiger partial charge >= 0.3 is 0 Å². The van der Waals surface area contributed by atoms with Gasteiger partial charge in [0.1, 0.15) is 0 Å². The van der Waals surface area contributed by atoms with E-state index in [1.165, 1.54) is 0 Å². The van der Waals surface area contributed by atoms with E-state index in [2.05, 4.69) is 10.0 Å². The Hall–Kier alpha value is -3.06. The highest BCUT2D eigenvalue weighted by Gasteiger charge is 2.14.